The molecule has 0 fully saturated rings. The van der Waals surface area contributed by atoms with Gasteiger partial charge in [-0.25, -0.2) is 0 Å². The Morgan fingerprint density at radius 2 is 1.29 bits per heavy atom. The highest BCUT2D eigenvalue weighted by Crippen LogP contribution is 2.53. The monoisotopic (exact) mass is 576 g/mol. The molecule has 0 saturated heterocycles. The topological polar surface area (TPSA) is 21.3 Å². The van der Waals surface area contributed by atoms with Crippen LogP contribution in [0.1, 0.15) is 11.5 Å². The Labute approximate surface area is 260 Å². The molecule has 2 atom stereocenters. The van der Waals surface area contributed by atoms with Crippen LogP contribution < -0.4 is 4.90 Å². The molecule has 3 heterocycles. The number of rotatable bonds is 3. The molecular formula is C42H28N2O. The van der Waals surface area contributed by atoms with Gasteiger partial charge >= 0.3 is 0 Å². The zero-order valence-corrected chi connectivity index (χ0v) is 24.5. The maximum absolute atomic E-state index is 6.39. The van der Waals surface area contributed by atoms with E-state index in [-0.39, 0.29) is 12.0 Å². The van der Waals surface area contributed by atoms with E-state index in [0.717, 1.165) is 33.1 Å². The summed E-state index contributed by atoms with van der Waals surface area (Å²) in [6.45, 7) is 0. The van der Waals surface area contributed by atoms with E-state index >= 15 is 0 Å². The van der Waals surface area contributed by atoms with Gasteiger partial charge in [-0.2, -0.15) is 0 Å². The van der Waals surface area contributed by atoms with E-state index in [1.807, 2.05) is 12.1 Å². The Bertz CT molecular complexity index is 2500. The molecule has 1 aliphatic heterocycles. The van der Waals surface area contributed by atoms with Crippen molar-refractivity contribution < 1.29 is 4.42 Å². The third kappa shape index (κ3) is 3.46. The van der Waals surface area contributed by atoms with E-state index in [9.17, 15) is 0 Å². The zero-order valence-electron chi connectivity index (χ0n) is 24.5. The largest absolute Gasteiger partial charge is 0.455 e. The molecule has 6 aromatic carbocycles. The number of aromatic nitrogens is 1. The van der Waals surface area contributed by atoms with Gasteiger partial charge < -0.3 is 13.9 Å². The van der Waals surface area contributed by atoms with Gasteiger partial charge in [0.25, 0.3) is 0 Å². The number of furan rings is 1. The van der Waals surface area contributed by atoms with Gasteiger partial charge in [-0.3, -0.25) is 0 Å². The average molecular weight is 577 g/mol. The number of hydrogen-bond acceptors (Lipinski definition) is 2. The van der Waals surface area contributed by atoms with Crippen LogP contribution in [0.5, 0.6) is 0 Å². The van der Waals surface area contributed by atoms with Crippen molar-refractivity contribution >= 4 is 55.1 Å². The number of anilines is 2. The van der Waals surface area contributed by atoms with Crippen molar-refractivity contribution in [1.82, 2.24) is 4.57 Å². The molecule has 10 rings (SSSR count). The number of hydrogen-bond donors (Lipinski definition) is 0. The van der Waals surface area contributed by atoms with Crippen LogP contribution in [0.3, 0.4) is 0 Å². The molecule has 3 nitrogen and oxygen atoms in total. The third-order valence-electron chi connectivity index (χ3n) is 9.72. The van der Waals surface area contributed by atoms with E-state index in [0.29, 0.717) is 0 Å². The van der Waals surface area contributed by atoms with Gasteiger partial charge in [-0.15, -0.1) is 0 Å². The van der Waals surface area contributed by atoms with E-state index in [2.05, 4.69) is 155 Å². The van der Waals surface area contributed by atoms with Crippen molar-refractivity contribution in [3.63, 3.8) is 0 Å². The first-order valence-electron chi connectivity index (χ1n) is 15.6. The summed E-state index contributed by atoms with van der Waals surface area (Å²) >= 11 is 0. The molecule has 0 bridgehead atoms. The molecule has 3 heteroatoms. The second-order valence-corrected chi connectivity index (χ2v) is 12.1. The van der Waals surface area contributed by atoms with Crippen LogP contribution in [0.2, 0.25) is 0 Å². The van der Waals surface area contributed by atoms with E-state index in [1.165, 1.54) is 44.4 Å². The minimum atomic E-state index is 0.197. The fraction of sp³-hybridized carbons (Fsp3) is 0.0476. The lowest BCUT2D eigenvalue weighted by atomic mass is 9.91. The average Bonchev–Trinajstić information content (AvgIpc) is 3.77. The Balaban J connectivity index is 1.19. The Kier molecular flexibility index (Phi) is 5.11. The van der Waals surface area contributed by atoms with E-state index < -0.39 is 0 Å². The van der Waals surface area contributed by atoms with E-state index in [1.54, 1.807) is 0 Å². The highest BCUT2D eigenvalue weighted by molar-refractivity contribution is 6.15. The number of para-hydroxylation sites is 4. The Morgan fingerprint density at radius 3 is 2.18 bits per heavy atom. The highest BCUT2D eigenvalue weighted by Gasteiger charge is 2.40. The molecule has 0 amide bonds. The van der Waals surface area contributed by atoms with Gasteiger partial charge in [0.1, 0.15) is 11.2 Å². The Morgan fingerprint density at radius 1 is 0.533 bits per heavy atom. The number of fused-ring (bicyclic) bond motifs is 10. The quantitative estimate of drug-likeness (QED) is 0.209. The lowest BCUT2D eigenvalue weighted by molar-refractivity contribution is 0.670. The summed E-state index contributed by atoms with van der Waals surface area (Å²) in [5.74, 6) is 0.278. The molecule has 2 aliphatic rings. The van der Waals surface area contributed by atoms with Gasteiger partial charge in [0.15, 0.2) is 0 Å². The van der Waals surface area contributed by atoms with Crippen LogP contribution in [0.4, 0.5) is 11.4 Å². The normalized spacial score (nSPS) is 17.1. The molecule has 0 spiro atoms. The van der Waals surface area contributed by atoms with Crippen molar-refractivity contribution in [2.75, 3.05) is 4.90 Å². The fourth-order valence-electron chi connectivity index (χ4n) is 7.78. The molecule has 0 N–H and O–H groups in total. The molecule has 2 aromatic heterocycles. The summed E-state index contributed by atoms with van der Waals surface area (Å²) in [4.78, 5) is 2.56. The smallest absolute Gasteiger partial charge is 0.143 e. The van der Waals surface area contributed by atoms with Crippen molar-refractivity contribution in [2.24, 2.45) is 0 Å². The summed E-state index contributed by atoms with van der Waals surface area (Å²) in [6, 6.07) is 48.2. The predicted molar refractivity (Wildman–Crippen MR) is 187 cm³/mol. The fourth-order valence-corrected chi connectivity index (χ4v) is 7.78. The second-order valence-electron chi connectivity index (χ2n) is 12.1. The van der Waals surface area contributed by atoms with Crippen LogP contribution in [-0.2, 0) is 0 Å². The molecule has 8 aromatic rings. The zero-order chi connectivity index (χ0) is 29.5. The lowest BCUT2D eigenvalue weighted by Crippen LogP contribution is -2.28. The minimum Gasteiger partial charge on any atom is -0.455 e. The van der Waals surface area contributed by atoms with Crippen LogP contribution >= 0.6 is 0 Å². The molecule has 212 valence electrons. The Hall–Kier alpha value is -5.80. The van der Waals surface area contributed by atoms with Crippen LogP contribution in [-0.4, -0.2) is 10.6 Å². The second kappa shape index (κ2) is 9.35. The molecular weight excluding hydrogens is 548 g/mol. The first-order valence-corrected chi connectivity index (χ1v) is 15.6. The van der Waals surface area contributed by atoms with Crippen molar-refractivity contribution in [3.8, 4) is 16.8 Å². The molecule has 0 radical (unpaired) electrons. The van der Waals surface area contributed by atoms with Gasteiger partial charge in [0.2, 0.25) is 0 Å². The van der Waals surface area contributed by atoms with Gasteiger partial charge in [0, 0.05) is 44.4 Å². The first-order chi connectivity index (χ1) is 22.3. The molecule has 45 heavy (non-hydrogen) atoms. The maximum atomic E-state index is 6.39. The summed E-state index contributed by atoms with van der Waals surface area (Å²) < 4.78 is 8.84. The van der Waals surface area contributed by atoms with Crippen molar-refractivity contribution in [2.45, 2.75) is 12.0 Å². The number of allylic oxidation sites excluding steroid dienone is 2. The van der Waals surface area contributed by atoms with Crippen molar-refractivity contribution in [1.29, 1.82) is 0 Å². The molecule has 0 saturated carbocycles. The van der Waals surface area contributed by atoms with Gasteiger partial charge in [-0.1, -0.05) is 121 Å². The van der Waals surface area contributed by atoms with Crippen LogP contribution in [0.15, 0.2) is 162 Å². The van der Waals surface area contributed by atoms with E-state index in [4.69, 9.17) is 4.42 Å². The molecule has 1 aliphatic carbocycles. The predicted octanol–water partition coefficient (Wildman–Crippen LogP) is 11.1. The molecule has 2 unspecified atom stereocenters. The summed E-state index contributed by atoms with van der Waals surface area (Å²) in [5.41, 5.74) is 11.6. The minimum absolute atomic E-state index is 0.197. The number of benzene rings is 6. The van der Waals surface area contributed by atoms with Gasteiger partial charge in [-0.05, 0) is 47.5 Å². The third-order valence-corrected chi connectivity index (χ3v) is 9.72. The maximum Gasteiger partial charge on any atom is 0.143 e. The first kappa shape index (κ1) is 24.6. The van der Waals surface area contributed by atoms with Crippen molar-refractivity contribution in [3.05, 3.63) is 163 Å². The van der Waals surface area contributed by atoms with Crippen LogP contribution in [0, 0.1) is 0 Å². The van der Waals surface area contributed by atoms with Gasteiger partial charge in [0.05, 0.1) is 22.8 Å². The van der Waals surface area contributed by atoms with Crippen LogP contribution in [0.25, 0.3) is 60.6 Å². The standard InChI is InChI=1S/C42H28N2O/c1-2-11-28(12-3-1)43-37-18-7-4-13-31(37)34-25-26-35-32-14-5-8-19-38(32)44(41(35)40(34)43)29-23-21-27(22-24-29)30-16-10-17-36-33-15-6-9-20-39(33)45-42(30)36/h1-26,32,38H. The SMILES string of the molecule is C1=CC2c3ccc4c5ccccc5n(-c5ccccc5)c4c3N(c3ccc(-c4cccc5c4oc4ccccc45)cc3)C2C=C1. The summed E-state index contributed by atoms with van der Waals surface area (Å²) in [7, 11) is 0. The summed E-state index contributed by atoms with van der Waals surface area (Å²) in [6.07, 6.45) is 9.11. The lowest BCUT2D eigenvalue weighted by Gasteiger charge is -2.29. The summed E-state index contributed by atoms with van der Waals surface area (Å²) in [5, 5.41) is 4.85. The number of nitrogens with zero attached hydrogens (tertiary/aromatic N) is 2. The highest BCUT2D eigenvalue weighted by atomic mass is 16.3.